The molecule has 1 aliphatic carbocycles. The van der Waals surface area contributed by atoms with Gasteiger partial charge in [0.05, 0.1) is 12.3 Å². The molecule has 0 amide bonds. The molecule has 1 N–H and O–H groups in total. The van der Waals surface area contributed by atoms with Crippen molar-refractivity contribution in [1.82, 2.24) is 9.97 Å². The van der Waals surface area contributed by atoms with E-state index in [0.717, 1.165) is 21.7 Å². The average molecular weight is 262 g/mol. The van der Waals surface area contributed by atoms with E-state index in [9.17, 15) is 5.11 Å². The van der Waals surface area contributed by atoms with Gasteiger partial charge in [-0.05, 0) is 31.7 Å². The number of nitrogens with zero attached hydrogens (tertiary/aromatic N) is 2. The summed E-state index contributed by atoms with van der Waals surface area (Å²) in [7, 11) is 0. The fourth-order valence-corrected chi connectivity index (χ4v) is 4.09. The first-order chi connectivity index (χ1) is 8.78. The van der Waals surface area contributed by atoms with E-state index in [4.69, 9.17) is 0 Å². The van der Waals surface area contributed by atoms with E-state index in [0.29, 0.717) is 5.92 Å². The molecule has 0 atom stereocenters. The number of hydrogen-bond donors (Lipinski definition) is 1. The molecule has 18 heavy (non-hydrogen) atoms. The Kier molecular flexibility index (Phi) is 3.31. The van der Waals surface area contributed by atoms with Gasteiger partial charge in [-0.2, -0.15) is 0 Å². The smallest absolute Gasteiger partial charge is 0.127 e. The largest absolute Gasteiger partial charge is 0.390 e. The van der Waals surface area contributed by atoms with Crippen molar-refractivity contribution in [3.63, 3.8) is 0 Å². The molecule has 1 fully saturated rings. The minimum absolute atomic E-state index is 0.000694. The van der Waals surface area contributed by atoms with Crippen LogP contribution in [-0.2, 0) is 6.61 Å². The maximum Gasteiger partial charge on any atom is 0.127 e. The molecule has 3 rings (SSSR count). The predicted octanol–water partition coefficient (Wildman–Crippen LogP) is 3.54. The number of aryl methyl sites for hydroxylation is 1. The molecule has 0 bridgehead atoms. The number of aromatic nitrogens is 2. The summed E-state index contributed by atoms with van der Waals surface area (Å²) in [6.45, 7) is 1.89. The molecule has 3 nitrogen and oxygen atoms in total. The van der Waals surface area contributed by atoms with Gasteiger partial charge in [-0.3, -0.25) is 0 Å². The van der Waals surface area contributed by atoms with Crippen molar-refractivity contribution in [2.75, 3.05) is 0 Å². The number of hydrogen-bond acceptors (Lipinski definition) is 4. The molecule has 0 spiro atoms. The van der Waals surface area contributed by atoms with Crippen LogP contribution in [0.5, 0.6) is 0 Å². The first-order valence-electron chi connectivity index (χ1n) is 6.65. The normalized spacial score (nSPS) is 17.4. The SMILES string of the molecule is Cc1nc(CO)c2cc(C3CCCCC3)sc2n1. The van der Waals surface area contributed by atoms with Crippen LogP contribution in [0.1, 0.15) is 54.4 Å². The molecule has 0 radical (unpaired) electrons. The van der Waals surface area contributed by atoms with Gasteiger partial charge in [-0.1, -0.05) is 19.3 Å². The fourth-order valence-electron chi connectivity index (χ4n) is 2.83. The third-order valence-corrected chi connectivity index (χ3v) is 4.95. The van der Waals surface area contributed by atoms with Gasteiger partial charge in [-0.15, -0.1) is 11.3 Å². The second-order valence-electron chi connectivity index (χ2n) is 5.08. The Morgan fingerprint density at radius 2 is 2.06 bits per heavy atom. The van der Waals surface area contributed by atoms with Crippen LogP contribution < -0.4 is 0 Å². The van der Waals surface area contributed by atoms with Crippen LogP contribution in [-0.4, -0.2) is 15.1 Å². The minimum atomic E-state index is 0.000694. The summed E-state index contributed by atoms with van der Waals surface area (Å²) in [6, 6.07) is 2.21. The first kappa shape index (κ1) is 12.1. The molecule has 2 aromatic rings. The van der Waals surface area contributed by atoms with Crippen LogP contribution in [0.2, 0.25) is 0 Å². The maximum absolute atomic E-state index is 9.39. The van der Waals surface area contributed by atoms with Crippen molar-refractivity contribution in [3.05, 3.63) is 22.5 Å². The highest BCUT2D eigenvalue weighted by atomic mass is 32.1. The zero-order valence-corrected chi connectivity index (χ0v) is 11.5. The van der Waals surface area contributed by atoms with Crippen molar-refractivity contribution in [2.45, 2.75) is 51.6 Å². The molecular weight excluding hydrogens is 244 g/mol. The van der Waals surface area contributed by atoms with Gasteiger partial charge in [0, 0.05) is 10.3 Å². The van der Waals surface area contributed by atoms with Crippen LogP contribution in [0.4, 0.5) is 0 Å². The molecule has 0 aliphatic heterocycles. The Balaban J connectivity index is 2.04. The van der Waals surface area contributed by atoms with Crippen LogP contribution in [0.15, 0.2) is 6.07 Å². The number of aliphatic hydroxyl groups is 1. The minimum Gasteiger partial charge on any atom is -0.390 e. The Labute approximate surface area is 111 Å². The fraction of sp³-hybridized carbons (Fsp3) is 0.571. The Morgan fingerprint density at radius 3 is 2.78 bits per heavy atom. The summed E-state index contributed by atoms with van der Waals surface area (Å²) in [6.07, 6.45) is 6.66. The van der Waals surface area contributed by atoms with E-state index in [-0.39, 0.29) is 6.61 Å². The molecule has 4 heteroatoms. The summed E-state index contributed by atoms with van der Waals surface area (Å²) >= 11 is 1.79. The lowest BCUT2D eigenvalue weighted by Gasteiger charge is -2.19. The second kappa shape index (κ2) is 4.94. The number of aliphatic hydroxyl groups excluding tert-OH is 1. The second-order valence-corrected chi connectivity index (χ2v) is 6.14. The highest BCUT2D eigenvalue weighted by molar-refractivity contribution is 7.18. The van der Waals surface area contributed by atoms with Crippen molar-refractivity contribution in [2.24, 2.45) is 0 Å². The lowest BCUT2D eigenvalue weighted by Crippen LogP contribution is -2.02. The Hall–Kier alpha value is -1.00. The van der Waals surface area contributed by atoms with Gasteiger partial charge in [0.25, 0.3) is 0 Å². The standard InChI is InChI=1S/C14H18N2OS/c1-9-15-12(8-17)11-7-13(18-14(11)16-9)10-5-3-2-4-6-10/h7,10,17H,2-6,8H2,1H3. The Bertz CT molecular complexity index is 558. The molecule has 2 aromatic heterocycles. The lowest BCUT2D eigenvalue weighted by molar-refractivity contribution is 0.278. The predicted molar refractivity (Wildman–Crippen MR) is 73.9 cm³/mol. The van der Waals surface area contributed by atoms with Gasteiger partial charge in [0.2, 0.25) is 0 Å². The van der Waals surface area contributed by atoms with Crippen molar-refractivity contribution < 1.29 is 5.11 Å². The summed E-state index contributed by atoms with van der Waals surface area (Å²) in [5.74, 6) is 1.45. The van der Waals surface area contributed by atoms with Crippen LogP contribution in [0.3, 0.4) is 0 Å². The molecular formula is C14H18N2OS. The van der Waals surface area contributed by atoms with Gasteiger partial charge in [0.15, 0.2) is 0 Å². The molecule has 0 saturated heterocycles. The molecule has 0 unspecified atom stereocenters. The Morgan fingerprint density at radius 1 is 1.28 bits per heavy atom. The summed E-state index contributed by atoms with van der Waals surface area (Å²) in [4.78, 5) is 11.3. The van der Waals surface area contributed by atoms with E-state index in [2.05, 4.69) is 16.0 Å². The van der Waals surface area contributed by atoms with Crippen LogP contribution >= 0.6 is 11.3 Å². The molecule has 1 aliphatic rings. The van der Waals surface area contributed by atoms with Gasteiger partial charge in [-0.25, -0.2) is 9.97 Å². The summed E-state index contributed by atoms with van der Waals surface area (Å²) < 4.78 is 0. The molecule has 2 heterocycles. The monoisotopic (exact) mass is 262 g/mol. The summed E-state index contributed by atoms with van der Waals surface area (Å²) in [5, 5.41) is 10.4. The van der Waals surface area contributed by atoms with E-state index in [1.807, 2.05) is 6.92 Å². The van der Waals surface area contributed by atoms with E-state index >= 15 is 0 Å². The lowest BCUT2D eigenvalue weighted by atomic mass is 9.88. The quantitative estimate of drug-likeness (QED) is 0.900. The van der Waals surface area contributed by atoms with Crippen molar-refractivity contribution >= 4 is 21.6 Å². The van der Waals surface area contributed by atoms with Crippen molar-refractivity contribution in [3.8, 4) is 0 Å². The third kappa shape index (κ3) is 2.15. The highest BCUT2D eigenvalue weighted by Gasteiger charge is 2.19. The maximum atomic E-state index is 9.39. The zero-order valence-electron chi connectivity index (χ0n) is 10.6. The van der Waals surface area contributed by atoms with Gasteiger partial charge in [0.1, 0.15) is 10.7 Å². The third-order valence-electron chi connectivity index (χ3n) is 3.76. The molecule has 0 aromatic carbocycles. The highest BCUT2D eigenvalue weighted by Crippen LogP contribution is 2.38. The summed E-state index contributed by atoms with van der Waals surface area (Å²) in [5.41, 5.74) is 0.774. The molecule has 96 valence electrons. The topological polar surface area (TPSA) is 46.0 Å². The van der Waals surface area contributed by atoms with Gasteiger partial charge >= 0.3 is 0 Å². The van der Waals surface area contributed by atoms with E-state index in [1.165, 1.54) is 37.0 Å². The molecule has 1 saturated carbocycles. The van der Waals surface area contributed by atoms with Crippen molar-refractivity contribution in [1.29, 1.82) is 0 Å². The van der Waals surface area contributed by atoms with E-state index in [1.54, 1.807) is 11.3 Å². The van der Waals surface area contributed by atoms with Gasteiger partial charge < -0.3 is 5.11 Å². The number of thiophene rings is 1. The first-order valence-corrected chi connectivity index (χ1v) is 7.47. The van der Waals surface area contributed by atoms with Crippen LogP contribution in [0.25, 0.3) is 10.2 Å². The number of fused-ring (bicyclic) bond motifs is 1. The number of rotatable bonds is 2. The zero-order chi connectivity index (χ0) is 12.5. The van der Waals surface area contributed by atoms with Crippen LogP contribution in [0, 0.1) is 6.92 Å². The van der Waals surface area contributed by atoms with E-state index < -0.39 is 0 Å². The average Bonchev–Trinajstić information content (AvgIpc) is 2.82.